The van der Waals surface area contributed by atoms with Crippen molar-refractivity contribution in [3.8, 4) is 11.3 Å². The molecule has 1 N–H and O–H groups in total. The van der Waals surface area contributed by atoms with Gasteiger partial charge in [0.2, 0.25) is 0 Å². The molecule has 0 radical (unpaired) electrons. The average Bonchev–Trinajstić information content (AvgIpc) is 3.31. The van der Waals surface area contributed by atoms with E-state index < -0.39 is 0 Å². The fourth-order valence-corrected chi connectivity index (χ4v) is 3.69. The van der Waals surface area contributed by atoms with Gasteiger partial charge in [-0.2, -0.15) is 0 Å². The third-order valence-corrected chi connectivity index (χ3v) is 5.29. The molecule has 0 aliphatic heterocycles. The molecule has 0 bridgehead atoms. The average molecular weight is 400 g/mol. The number of nitrogens with zero attached hydrogens (tertiary/aromatic N) is 2. The molecule has 1 aromatic carbocycles. The molecular weight excluding hydrogens is 386 g/mol. The van der Waals surface area contributed by atoms with Gasteiger partial charge in [0.15, 0.2) is 5.76 Å². The van der Waals surface area contributed by atoms with Crippen molar-refractivity contribution >= 4 is 39.1 Å². The fraction of sp³-hybridized carbons (Fsp3) is 0.105. The molecule has 0 aliphatic rings. The van der Waals surface area contributed by atoms with E-state index in [2.05, 4.69) is 9.97 Å². The van der Waals surface area contributed by atoms with Crippen LogP contribution in [0.3, 0.4) is 0 Å². The Labute approximate surface area is 163 Å². The van der Waals surface area contributed by atoms with Crippen molar-refractivity contribution in [2.45, 2.75) is 6.54 Å². The Bertz CT molecular complexity index is 1190. The number of aromatic nitrogens is 2. The number of nitrogens with one attached hydrogen (secondary N) is 1. The number of hydrogen-bond donors (Lipinski definition) is 1. The highest BCUT2D eigenvalue weighted by Gasteiger charge is 2.19. The van der Waals surface area contributed by atoms with Crippen LogP contribution in [0.5, 0.6) is 0 Å². The van der Waals surface area contributed by atoms with Gasteiger partial charge in [0.25, 0.3) is 11.5 Å². The van der Waals surface area contributed by atoms with Gasteiger partial charge in [0.1, 0.15) is 16.3 Å². The van der Waals surface area contributed by atoms with Crippen molar-refractivity contribution in [2.75, 3.05) is 7.05 Å². The highest BCUT2D eigenvalue weighted by molar-refractivity contribution is 7.17. The maximum atomic E-state index is 12.7. The first-order chi connectivity index (χ1) is 13.0. The number of H-pyrrole nitrogens is 1. The number of aromatic amines is 1. The van der Waals surface area contributed by atoms with E-state index in [1.165, 1.54) is 16.2 Å². The molecule has 6 nitrogen and oxygen atoms in total. The Hall–Kier alpha value is -2.90. The van der Waals surface area contributed by atoms with E-state index in [9.17, 15) is 9.59 Å². The molecule has 0 atom stereocenters. The summed E-state index contributed by atoms with van der Waals surface area (Å²) in [6.07, 6.45) is 0. The smallest absolute Gasteiger partial charge is 0.289 e. The SMILES string of the molecule is CN(Cc1nc2ccsc2c(=O)[nH]1)C(=O)c1ccc(-c2ccccc2Cl)o1. The first-order valence-electron chi connectivity index (χ1n) is 8.09. The molecule has 3 aromatic heterocycles. The van der Waals surface area contributed by atoms with E-state index in [0.717, 1.165) is 5.56 Å². The lowest BCUT2D eigenvalue weighted by atomic mass is 10.2. The van der Waals surface area contributed by atoms with Crippen molar-refractivity contribution in [2.24, 2.45) is 0 Å². The van der Waals surface area contributed by atoms with Crippen LogP contribution in [0.15, 0.2) is 57.1 Å². The van der Waals surface area contributed by atoms with Gasteiger partial charge < -0.3 is 14.3 Å². The van der Waals surface area contributed by atoms with E-state index >= 15 is 0 Å². The summed E-state index contributed by atoms with van der Waals surface area (Å²) in [6.45, 7) is 0.155. The van der Waals surface area contributed by atoms with Gasteiger partial charge in [-0.25, -0.2) is 4.98 Å². The number of fused-ring (bicyclic) bond motifs is 1. The summed E-state index contributed by atoms with van der Waals surface area (Å²) >= 11 is 7.51. The van der Waals surface area contributed by atoms with Crippen molar-refractivity contribution in [3.05, 3.63) is 74.8 Å². The van der Waals surface area contributed by atoms with Crippen molar-refractivity contribution in [1.29, 1.82) is 0 Å². The normalized spacial score (nSPS) is 11.0. The number of halogens is 1. The Morgan fingerprint density at radius 3 is 2.89 bits per heavy atom. The van der Waals surface area contributed by atoms with Crippen LogP contribution in [0.4, 0.5) is 0 Å². The van der Waals surface area contributed by atoms with E-state index in [1.807, 2.05) is 23.6 Å². The topological polar surface area (TPSA) is 79.2 Å². The summed E-state index contributed by atoms with van der Waals surface area (Å²) in [5, 5.41) is 2.36. The third-order valence-electron chi connectivity index (χ3n) is 4.05. The maximum Gasteiger partial charge on any atom is 0.289 e. The number of carbonyl (C=O) groups excluding carboxylic acids is 1. The number of furan rings is 1. The lowest BCUT2D eigenvalue weighted by molar-refractivity contribution is 0.0751. The van der Waals surface area contributed by atoms with Crippen LogP contribution in [-0.2, 0) is 6.54 Å². The van der Waals surface area contributed by atoms with Gasteiger partial charge in [0.05, 0.1) is 17.1 Å². The molecule has 0 unspecified atom stereocenters. The molecule has 0 aliphatic carbocycles. The first kappa shape index (κ1) is 17.5. The highest BCUT2D eigenvalue weighted by Crippen LogP contribution is 2.29. The second kappa shape index (κ2) is 7.02. The van der Waals surface area contributed by atoms with Crippen LogP contribution in [-0.4, -0.2) is 27.8 Å². The minimum absolute atomic E-state index is 0.155. The van der Waals surface area contributed by atoms with Crippen LogP contribution in [0, 0.1) is 0 Å². The highest BCUT2D eigenvalue weighted by atomic mass is 35.5. The summed E-state index contributed by atoms with van der Waals surface area (Å²) in [4.78, 5) is 33.3. The fourth-order valence-electron chi connectivity index (χ4n) is 2.74. The summed E-state index contributed by atoms with van der Waals surface area (Å²) in [6, 6.07) is 12.4. The monoisotopic (exact) mass is 399 g/mol. The van der Waals surface area contributed by atoms with Gasteiger partial charge in [-0.1, -0.05) is 23.7 Å². The van der Waals surface area contributed by atoms with Gasteiger partial charge in [-0.15, -0.1) is 11.3 Å². The quantitative estimate of drug-likeness (QED) is 0.558. The van der Waals surface area contributed by atoms with E-state index in [-0.39, 0.29) is 23.8 Å². The summed E-state index contributed by atoms with van der Waals surface area (Å²) in [5.74, 6) is 0.802. The van der Waals surface area contributed by atoms with E-state index in [4.69, 9.17) is 16.0 Å². The Morgan fingerprint density at radius 2 is 2.07 bits per heavy atom. The van der Waals surface area contributed by atoms with Crippen LogP contribution in [0.2, 0.25) is 5.02 Å². The summed E-state index contributed by atoms with van der Waals surface area (Å²) < 4.78 is 6.26. The minimum Gasteiger partial charge on any atom is -0.451 e. The maximum absolute atomic E-state index is 12.7. The Balaban J connectivity index is 1.55. The number of carbonyl (C=O) groups is 1. The third kappa shape index (κ3) is 3.39. The zero-order chi connectivity index (χ0) is 19.0. The van der Waals surface area contributed by atoms with Gasteiger partial charge >= 0.3 is 0 Å². The molecule has 3 heterocycles. The van der Waals surface area contributed by atoms with E-state index in [0.29, 0.717) is 26.8 Å². The second-order valence-electron chi connectivity index (χ2n) is 5.95. The van der Waals surface area contributed by atoms with Gasteiger partial charge in [0, 0.05) is 12.6 Å². The van der Waals surface area contributed by atoms with Crippen LogP contribution in [0.25, 0.3) is 21.5 Å². The Morgan fingerprint density at radius 1 is 1.26 bits per heavy atom. The van der Waals surface area contributed by atoms with Crippen LogP contribution < -0.4 is 5.56 Å². The second-order valence-corrected chi connectivity index (χ2v) is 7.28. The zero-order valence-corrected chi connectivity index (χ0v) is 15.8. The van der Waals surface area contributed by atoms with Crippen LogP contribution in [0.1, 0.15) is 16.4 Å². The molecule has 4 rings (SSSR count). The predicted molar refractivity (Wildman–Crippen MR) is 105 cm³/mol. The number of hydrogen-bond acceptors (Lipinski definition) is 5. The lowest BCUT2D eigenvalue weighted by Gasteiger charge is -2.15. The number of amides is 1. The first-order valence-corrected chi connectivity index (χ1v) is 9.35. The number of benzene rings is 1. The summed E-state index contributed by atoms with van der Waals surface area (Å²) in [5.41, 5.74) is 1.14. The Kier molecular flexibility index (Phi) is 4.55. The van der Waals surface area contributed by atoms with Crippen molar-refractivity contribution in [1.82, 2.24) is 14.9 Å². The predicted octanol–water partition coefficient (Wildman–Crippen LogP) is 4.17. The van der Waals surface area contributed by atoms with E-state index in [1.54, 1.807) is 31.3 Å². The van der Waals surface area contributed by atoms with Crippen molar-refractivity contribution < 1.29 is 9.21 Å². The zero-order valence-electron chi connectivity index (χ0n) is 14.2. The van der Waals surface area contributed by atoms with Crippen molar-refractivity contribution in [3.63, 3.8) is 0 Å². The number of thiophene rings is 1. The largest absolute Gasteiger partial charge is 0.451 e. The molecule has 136 valence electrons. The summed E-state index contributed by atoms with van der Waals surface area (Å²) in [7, 11) is 1.62. The minimum atomic E-state index is -0.318. The molecule has 8 heteroatoms. The molecule has 0 fully saturated rings. The van der Waals surface area contributed by atoms with Gasteiger partial charge in [-0.3, -0.25) is 9.59 Å². The number of rotatable bonds is 4. The lowest BCUT2D eigenvalue weighted by Crippen LogP contribution is -2.27. The standard InChI is InChI=1S/C19H14ClN3O3S/c1-23(10-16-21-13-8-9-27-17(13)18(24)22-16)19(25)15-7-6-14(26-15)11-4-2-3-5-12(11)20/h2-9H,10H2,1H3,(H,21,22,24). The molecule has 1 amide bonds. The molecule has 0 spiro atoms. The van der Waals surface area contributed by atoms with Crippen LogP contribution >= 0.6 is 22.9 Å². The molecule has 4 aromatic rings. The molecule has 27 heavy (non-hydrogen) atoms. The molecule has 0 saturated carbocycles. The van der Waals surface area contributed by atoms with Gasteiger partial charge in [-0.05, 0) is 35.7 Å². The molecular formula is C19H14ClN3O3S. The molecule has 0 saturated heterocycles.